The van der Waals surface area contributed by atoms with Gasteiger partial charge in [-0.25, -0.2) is 4.39 Å². The van der Waals surface area contributed by atoms with Crippen LogP contribution in [0.25, 0.3) is 0 Å². The number of nitrogens with one attached hydrogen (secondary N) is 1. The summed E-state index contributed by atoms with van der Waals surface area (Å²) >= 11 is 5.83. The topological polar surface area (TPSA) is 67.8 Å². The summed E-state index contributed by atoms with van der Waals surface area (Å²) in [5.41, 5.74) is -5.64. The normalized spacial score (nSPS) is 12.7. The molecule has 5 nitrogen and oxygen atoms in total. The van der Waals surface area contributed by atoms with Gasteiger partial charge in [-0.1, -0.05) is 35.0 Å². The minimum atomic E-state index is -5.63. The molecular formula is C16H13ClF4N2O3S. The first kappa shape index (κ1) is 21.0. The summed E-state index contributed by atoms with van der Waals surface area (Å²) in [6.45, 7) is 1.15. The predicted molar refractivity (Wildman–Crippen MR) is 93.4 cm³/mol. The third-order valence-corrected chi connectivity index (χ3v) is 4.63. The van der Waals surface area contributed by atoms with Gasteiger partial charge in [0.1, 0.15) is 12.4 Å². The van der Waals surface area contributed by atoms with Gasteiger partial charge in [-0.2, -0.15) is 21.6 Å². The average Bonchev–Trinajstić information content (AvgIpc) is 2.57. The summed E-state index contributed by atoms with van der Waals surface area (Å²) in [7, 11) is -5.63. The summed E-state index contributed by atoms with van der Waals surface area (Å²) < 4.78 is 75.4. The van der Waals surface area contributed by atoms with Crippen LogP contribution in [0.4, 0.5) is 23.2 Å². The third-order valence-electron chi connectivity index (χ3n) is 3.30. The first-order valence-corrected chi connectivity index (χ1v) is 9.16. The van der Waals surface area contributed by atoms with E-state index >= 15 is 0 Å². The number of oxime groups is 1. The van der Waals surface area contributed by atoms with Crippen molar-refractivity contribution in [2.45, 2.75) is 19.0 Å². The molecule has 0 saturated heterocycles. The number of hydrogen-bond donors (Lipinski definition) is 1. The van der Waals surface area contributed by atoms with Crippen LogP contribution in [0.1, 0.15) is 18.1 Å². The predicted octanol–water partition coefficient (Wildman–Crippen LogP) is 4.68. The lowest BCUT2D eigenvalue weighted by molar-refractivity contribution is -0.0429. The fraction of sp³-hybridized carbons (Fsp3) is 0.188. The van der Waals surface area contributed by atoms with Crippen molar-refractivity contribution in [1.29, 1.82) is 0 Å². The molecule has 146 valence electrons. The van der Waals surface area contributed by atoms with Crippen molar-refractivity contribution < 1.29 is 30.8 Å². The Hall–Kier alpha value is -2.33. The molecule has 0 spiro atoms. The molecule has 0 radical (unpaired) electrons. The Morgan fingerprint density at radius 1 is 1.22 bits per heavy atom. The highest BCUT2D eigenvalue weighted by molar-refractivity contribution is 7.93. The van der Waals surface area contributed by atoms with Gasteiger partial charge in [0, 0.05) is 16.1 Å². The number of halogens is 5. The molecule has 11 heteroatoms. The maximum absolute atomic E-state index is 13.5. The van der Waals surface area contributed by atoms with Gasteiger partial charge in [0.15, 0.2) is 0 Å². The lowest BCUT2D eigenvalue weighted by atomic mass is 10.1. The molecule has 0 atom stereocenters. The molecular weight excluding hydrogens is 412 g/mol. The number of nitrogens with zero attached hydrogens (tertiary/aromatic N) is 1. The summed E-state index contributed by atoms with van der Waals surface area (Å²) in [4.78, 5) is 5.01. The molecule has 0 aliphatic heterocycles. The minimum Gasteiger partial charge on any atom is -0.391 e. The Kier molecular flexibility index (Phi) is 6.32. The van der Waals surface area contributed by atoms with E-state index < -0.39 is 21.3 Å². The second-order valence-electron chi connectivity index (χ2n) is 5.28. The van der Waals surface area contributed by atoms with E-state index in [9.17, 15) is 26.0 Å². The SMILES string of the molecule is CC(=NOCc1ccccc1F)c1cc(Cl)ccc1NS(=O)(=O)C(F)(F)F. The molecule has 0 unspecified atom stereocenters. The Morgan fingerprint density at radius 3 is 2.52 bits per heavy atom. The first-order chi connectivity index (χ1) is 12.5. The molecule has 0 aliphatic rings. The molecule has 0 fully saturated rings. The monoisotopic (exact) mass is 424 g/mol. The van der Waals surface area contributed by atoms with E-state index in [1.54, 1.807) is 6.07 Å². The molecule has 0 aliphatic carbocycles. The fourth-order valence-electron chi connectivity index (χ4n) is 1.97. The third kappa shape index (κ3) is 5.33. The highest BCUT2D eigenvalue weighted by atomic mass is 35.5. The van der Waals surface area contributed by atoms with Crippen LogP contribution >= 0.6 is 11.6 Å². The first-order valence-electron chi connectivity index (χ1n) is 7.30. The second-order valence-corrected chi connectivity index (χ2v) is 7.39. The average molecular weight is 425 g/mol. The van der Waals surface area contributed by atoms with Crippen LogP contribution in [0.2, 0.25) is 5.02 Å². The number of hydrogen-bond acceptors (Lipinski definition) is 4. The standard InChI is InChI=1S/C16H13ClF4N2O3S/c1-10(22-26-9-11-4-2-3-5-14(11)18)13-8-12(17)6-7-15(13)23-27(24,25)16(19,20)21/h2-8,23H,9H2,1H3. The van der Waals surface area contributed by atoms with Crippen LogP contribution in [0.15, 0.2) is 47.6 Å². The van der Waals surface area contributed by atoms with Crippen molar-refractivity contribution in [3.05, 3.63) is 64.4 Å². The van der Waals surface area contributed by atoms with E-state index in [0.717, 1.165) is 6.07 Å². The molecule has 27 heavy (non-hydrogen) atoms. The quantitative estimate of drug-likeness (QED) is 0.416. The van der Waals surface area contributed by atoms with Gasteiger partial charge in [-0.15, -0.1) is 0 Å². The lowest BCUT2D eigenvalue weighted by Gasteiger charge is -2.14. The zero-order valence-corrected chi connectivity index (χ0v) is 15.3. The minimum absolute atomic E-state index is 0.0242. The Balaban J connectivity index is 2.26. The molecule has 1 N–H and O–H groups in total. The van der Waals surface area contributed by atoms with Crippen molar-refractivity contribution >= 4 is 33.0 Å². The summed E-state index contributed by atoms with van der Waals surface area (Å²) in [5.74, 6) is -0.508. The number of alkyl halides is 3. The van der Waals surface area contributed by atoms with E-state index in [1.165, 1.54) is 42.0 Å². The van der Waals surface area contributed by atoms with Crippen LogP contribution in [-0.4, -0.2) is 19.6 Å². The number of benzene rings is 2. The molecule has 0 heterocycles. The van der Waals surface area contributed by atoms with Crippen molar-refractivity contribution in [3.63, 3.8) is 0 Å². The Bertz CT molecular complexity index is 962. The molecule has 2 aromatic carbocycles. The molecule has 0 amide bonds. The van der Waals surface area contributed by atoms with Crippen molar-refractivity contribution in [2.75, 3.05) is 4.72 Å². The van der Waals surface area contributed by atoms with Crippen LogP contribution in [-0.2, 0) is 21.5 Å². The molecule has 0 saturated carbocycles. The van der Waals surface area contributed by atoms with Gasteiger partial charge in [-0.05, 0) is 31.2 Å². The molecule has 0 bridgehead atoms. The van der Waals surface area contributed by atoms with Gasteiger partial charge < -0.3 is 4.84 Å². The summed E-state index contributed by atoms with van der Waals surface area (Å²) in [5, 5.41) is 3.84. The fourth-order valence-corrected chi connectivity index (χ4v) is 2.73. The van der Waals surface area contributed by atoms with Crippen LogP contribution in [0.3, 0.4) is 0 Å². The molecule has 2 rings (SSSR count). The van der Waals surface area contributed by atoms with E-state index in [2.05, 4.69) is 5.16 Å². The second kappa shape index (κ2) is 8.13. The van der Waals surface area contributed by atoms with Gasteiger partial charge in [-0.3, -0.25) is 4.72 Å². The van der Waals surface area contributed by atoms with Gasteiger partial charge >= 0.3 is 15.5 Å². The van der Waals surface area contributed by atoms with Crippen molar-refractivity contribution in [2.24, 2.45) is 5.16 Å². The van der Waals surface area contributed by atoms with Crippen LogP contribution in [0.5, 0.6) is 0 Å². The van der Waals surface area contributed by atoms with E-state index in [0.29, 0.717) is 0 Å². The zero-order valence-electron chi connectivity index (χ0n) is 13.7. The highest BCUT2D eigenvalue weighted by Crippen LogP contribution is 2.29. The number of sulfonamides is 1. The molecule has 2 aromatic rings. The number of rotatable bonds is 6. The summed E-state index contributed by atoms with van der Waals surface area (Å²) in [6, 6.07) is 9.31. The largest absolute Gasteiger partial charge is 0.516 e. The van der Waals surface area contributed by atoms with Gasteiger partial charge in [0.2, 0.25) is 0 Å². The van der Waals surface area contributed by atoms with E-state index in [-0.39, 0.29) is 34.2 Å². The van der Waals surface area contributed by atoms with Gasteiger partial charge in [0.25, 0.3) is 0 Å². The maximum atomic E-state index is 13.5. The van der Waals surface area contributed by atoms with Crippen LogP contribution < -0.4 is 4.72 Å². The molecule has 0 aromatic heterocycles. The zero-order chi connectivity index (χ0) is 20.2. The van der Waals surface area contributed by atoms with E-state index in [1.807, 2.05) is 0 Å². The van der Waals surface area contributed by atoms with Gasteiger partial charge in [0.05, 0.1) is 11.4 Å². The number of anilines is 1. The van der Waals surface area contributed by atoms with Crippen molar-refractivity contribution in [3.8, 4) is 0 Å². The van der Waals surface area contributed by atoms with E-state index in [4.69, 9.17) is 16.4 Å². The highest BCUT2D eigenvalue weighted by Gasteiger charge is 2.46. The van der Waals surface area contributed by atoms with Crippen molar-refractivity contribution in [1.82, 2.24) is 0 Å². The van der Waals surface area contributed by atoms with Crippen LogP contribution in [0, 0.1) is 5.82 Å². The maximum Gasteiger partial charge on any atom is 0.516 e. The lowest BCUT2D eigenvalue weighted by Crippen LogP contribution is -2.30. The Morgan fingerprint density at radius 2 is 1.89 bits per heavy atom. The smallest absolute Gasteiger partial charge is 0.391 e. The Labute approximate surface area is 157 Å². The summed E-state index contributed by atoms with van der Waals surface area (Å²) in [6.07, 6.45) is 0.